The number of fused-ring (bicyclic) bond motifs is 5. The minimum Gasteiger partial charge on any atom is -0.465 e. The number of carbonyl (C=O) groups excluding carboxylic acids is 8. The fourth-order valence-electron chi connectivity index (χ4n) is 8.69. The molecular formula is C36H43NO16. The molecule has 17 nitrogen and oxygen atoms in total. The molecule has 2 aliphatic carbocycles. The van der Waals surface area contributed by atoms with Crippen molar-refractivity contribution in [2.45, 2.75) is 110 Å². The second kappa shape index (κ2) is 14.1. The van der Waals surface area contributed by atoms with Crippen LogP contribution in [0.2, 0.25) is 0 Å². The van der Waals surface area contributed by atoms with Crippen molar-refractivity contribution in [3.8, 4) is 0 Å². The van der Waals surface area contributed by atoms with Gasteiger partial charge in [-0.15, -0.1) is 0 Å². The predicted octanol–water partition coefficient (Wildman–Crippen LogP) is 1.56. The third-order valence-electron chi connectivity index (χ3n) is 10.9. The van der Waals surface area contributed by atoms with Gasteiger partial charge in [-0.05, 0) is 19.1 Å². The first-order valence-corrected chi connectivity index (χ1v) is 17.1. The number of hydrogen-bond acceptors (Lipinski definition) is 17. The minimum atomic E-state index is -2.37. The molecule has 4 bridgehead atoms. The third-order valence-corrected chi connectivity index (χ3v) is 10.9. The smallest absolute Gasteiger partial charge is 0.340 e. The van der Waals surface area contributed by atoms with Gasteiger partial charge in [-0.1, -0.05) is 20.8 Å². The van der Waals surface area contributed by atoms with Crippen LogP contribution in [-0.2, 0) is 71.5 Å². The Bertz CT molecular complexity index is 1740. The van der Waals surface area contributed by atoms with E-state index >= 15 is 4.79 Å². The second-order valence-corrected chi connectivity index (χ2v) is 14.3. The summed E-state index contributed by atoms with van der Waals surface area (Å²) in [6, 6.07) is 2.95. The number of hydrogen-bond donors (Lipinski definition) is 0. The topological polar surface area (TPSA) is 223 Å². The first-order chi connectivity index (χ1) is 24.7. The fourth-order valence-corrected chi connectivity index (χ4v) is 8.69. The lowest BCUT2D eigenvalue weighted by Gasteiger charge is -2.64. The molecule has 1 saturated heterocycles. The Balaban J connectivity index is 1.93. The molecule has 1 aromatic rings. The summed E-state index contributed by atoms with van der Waals surface area (Å²) in [6.45, 7) is 9.69. The molecule has 5 rings (SSSR count). The molecule has 0 amide bonds. The second-order valence-electron chi connectivity index (χ2n) is 14.3. The van der Waals surface area contributed by atoms with E-state index in [1.807, 2.05) is 0 Å². The van der Waals surface area contributed by atoms with Gasteiger partial charge in [0.2, 0.25) is 0 Å². The fraction of sp³-hybridized carbons (Fsp3) is 0.639. The molecular weight excluding hydrogens is 702 g/mol. The molecule has 0 radical (unpaired) electrons. The van der Waals surface area contributed by atoms with Gasteiger partial charge in [0.05, 0.1) is 23.1 Å². The van der Waals surface area contributed by atoms with E-state index in [9.17, 15) is 33.6 Å². The molecule has 53 heavy (non-hydrogen) atoms. The largest absolute Gasteiger partial charge is 0.465 e. The highest BCUT2D eigenvalue weighted by Crippen LogP contribution is 2.67. The molecule has 17 heteroatoms. The number of esters is 7. The number of carbonyl (C=O) groups is 8. The standard InChI is InChI=1S/C36H43NO16/c1-15-16(2)32(44)52-27-17(3)36-29(49-20(6)40)24(34(9,53-36)13-47-33(45)23-11-10-12-37-25(15)23)26(43)30(50-21(7)41)35(36,14-46-18(4)38)31(51-22(8)42)28(27)48-19(5)39/h10-12,15-17,24,27-31H,13-14H2,1-9H3. The van der Waals surface area contributed by atoms with Crippen molar-refractivity contribution in [1.29, 1.82) is 0 Å². The average molecular weight is 746 g/mol. The molecule has 1 spiro atoms. The van der Waals surface area contributed by atoms with Crippen LogP contribution in [0, 0.1) is 23.2 Å². The molecule has 288 valence electrons. The molecule has 4 aliphatic rings. The van der Waals surface area contributed by atoms with E-state index in [0.29, 0.717) is 0 Å². The van der Waals surface area contributed by atoms with Gasteiger partial charge in [0.15, 0.2) is 24.1 Å². The summed E-state index contributed by atoms with van der Waals surface area (Å²) in [4.78, 5) is 112. The van der Waals surface area contributed by atoms with Gasteiger partial charge in [-0.2, -0.15) is 0 Å². The molecule has 2 aliphatic heterocycles. The van der Waals surface area contributed by atoms with Crippen molar-refractivity contribution in [2.75, 3.05) is 13.2 Å². The lowest BCUT2D eigenvalue weighted by atomic mass is 9.46. The highest BCUT2D eigenvalue weighted by molar-refractivity contribution is 5.94. The zero-order chi connectivity index (χ0) is 39.4. The first-order valence-electron chi connectivity index (χ1n) is 17.1. The summed E-state index contributed by atoms with van der Waals surface area (Å²) >= 11 is 0. The summed E-state index contributed by atoms with van der Waals surface area (Å²) in [6.07, 6.45) is -7.54. The van der Waals surface area contributed by atoms with Crippen molar-refractivity contribution >= 4 is 47.6 Å². The Labute approximate surface area is 304 Å². The van der Waals surface area contributed by atoms with Gasteiger partial charge in [0.1, 0.15) is 42.0 Å². The summed E-state index contributed by atoms with van der Waals surface area (Å²) in [7, 11) is 0. The zero-order valence-electron chi connectivity index (χ0n) is 30.8. The number of Topliss-reactive ketones (excluding diaryl/α,β-unsaturated/α-hetero) is 1. The quantitative estimate of drug-likeness (QED) is 0.298. The lowest BCUT2D eigenvalue weighted by Crippen LogP contribution is -2.83. The van der Waals surface area contributed by atoms with Gasteiger partial charge in [0.25, 0.3) is 0 Å². The van der Waals surface area contributed by atoms with Crippen LogP contribution in [0.3, 0.4) is 0 Å². The minimum absolute atomic E-state index is 0.00516. The van der Waals surface area contributed by atoms with Crippen molar-refractivity contribution in [1.82, 2.24) is 4.98 Å². The van der Waals surface area contributed by atoms with Crippen molar-refractivity contribution < 1.29 is 76.3 Å². The number of ether oxygens (including phenoxy) is 8. The van der Waals surface area contributed by atoms with Crippen LogP contribution in [0.4, 0.5) is 0 Å². The van der Waals surface area contributed by atoms with Gasteiger partial charge >= 0.3 is 41.8 Å². The molecule has 3 heterocycles. The Hall–Kier alpha value is -4.93. The predicted molar refractivity (Wildman–Crippen MR) is 173 cm³/mol. The molecule has 12 unspecified atom stereocenters. The monoisotopic (exact) mass is 745 g/mol. The van der Waals surface area contributed by atoms with E-state index in [4.69, 9.17) is 37.9 Å². The van der Waals surface area contributed by atoms with E-state index in [0.717, 1.165) is 34.6 Å². The number of pyridine rings is 1. The van der Waals surface area contributed by atoms with Crippen LogP contribution in [0.15, 0.2) is 18.3 Å². The van der Waals surface area contributed by atoms with Gasteiger partial charge in [-0.3, -0.25) is 38.5 Å². The first kappa shape index (κ1) is 39.3. The van der Waals surface area contributed by atoms with Gasteiger partial charge < -0.3 is 37.9 Å². The summed E-state index contributed by atoms with van der Waals surface area (Å²) in [5, 5.41) is 0. The number of aromatic nitrogens is 1. The summed E-state index contributed by atoms with van der Waals surface area (Å²) in [5.41, 5.74) is -6.33. The highest BCUT2D eigenvalue weighted by Gasteiger charge is 2.88. The highest BCUT2D eigenvalue weighted by atomic mass is 16.7. The van der Waals surface area contributed by atoms with Crippen LogP contribution >= 0.6 is 0 Å². The Morgan fingerprint density at radius 1 is 0.830 bits per heavy atom. The summed E-state index contributed by atoms with van der Waals surface area (Å²) < 4.78 is 48.0. The maximum Gasteiger partial charge on any atom is 0.340 e. The van der Waals surface area contributed by atoms with E-state index in [2.05, 4.69) is 4.98 Å². The van der Waals surface area contributed by atoms with E-state index in [1.165, 1.54) is 39.1 Å². The zero-order valence-corrected chi connectivity index (χ0v) is 30.8. The molecule has 3 fully saturated rings. The van der Waals surface area contributed by atoms with Crippen LogP contribution in [0.25, 0.3) is 0 Å². The number of rotatable bonds is 6. The Morgan fingerprint density at radius 3 is 2.02 bits per heavy atom. The molecule has 1 aromatic heterocycles. The Morgan fingerprint density at radius 2 is 1.43 bits per heavy atom. The number of ketones is 1. The normalized spacial score (nSPS) is 37.5. The molecule has 2 saturated carbocycles. The maximum atomic E-state index is 15.0. The van der Waals surface area contributed by atoms with Crippen molar-refractivity contribution in [3.05, 3.63) is 29.6 Å². The Kier molecular flexibility index (Phi) is 10.5. The lowest BCUT2D eigenvalue weighted by molar-refractivity contribution is -0.336. The van der Waals surface area contributed by atoms with E-state index in [-0.39, 0.29) is 11.3 Å². The van der Waals surface area contributed by atoms with Gasteiger partial charge in [0, 0.05) is 52.7 Å². The molecule has 0 N–H and O–H groups in total. The SMILES string of the molecule is CC(=O)OCC12C(OC(C)=O)C(=O)C3C(OC(C)=O)C14OC3(C)COC(=O)c1cccnc1C(C)C(C)C(=O)OC(C(OC(C)=O)C2OC(C)=O)C4C. The summed E-state index contributed by atoms with van der Waals surface area (Å²) in [5.74, 6) is -12.1. The maximum absolute atomic E-state index is 15.0. The van der Waals surface area contributed by atoms with Gasteiger partial charge in [-0.25, -0.2) is 4.79 Å². The number of cyclic esters (lactones) is 1. The van der Waals surface area contributed by atoms with Crippen LogP contribution in [-0.4, -0.2) is 107 Å². The van der Waals surface area contributed by atoms with Crippen molar-refractivity contribution in [3.63, 3.8) is 0 Å². The van der Waals surface area contributed by atoms with Crippen LogP contribution in [0.5, 0.6) is 0 Å². The van der Waals surface area contributed by atoms with Crippen LogP contribution in [0.1, 0.15) is 84.3 Å². The average Bonchev–Trinajstić information content (AvgIpc) is 3.29. The third kappa shape index (κ3) is 6.31. The van der Waals surface area contributed by atoms with E-state index < -0.39 is 132 Å². The number of nitrogens with zero attached hydrogens (tertiary/aromatic N) is 1. The van der Waals surface area contributed by atoms with Crippen molar-refractivity contribution in [2.24, 2.45) is 23.2 Å². The molecule has 0 aromatic carbocycles. The van der Waals surface area contributed by atoms with Crippen LogP contribution < -0.4 is 0 Å². The van der Waals surface area contributed by atoms with E-state index in [1.54, 1.807) is 6.92 Å². The molecule has 12 atom stereocenters.